The molecule has 1 aromatic carbocycles. The second-order valence-electron chi connectivity index (χ2n) is 4.63. The van der Waals surface area contributed by atoms with Crippen LogP contribution in [0, 0.1) is 0 Å². The zero-order valence-electron chi connectivity index (χ0n) is 13.1. The molecule has 0 bridgehead atoms. The fourth-order valence-corrected chi connectivity index (χ4v) is 1.70. The lowest BCUT2D eigenvalue weighted by atomic mass is 10.3. The van der Waals surface area contributed by atoms with E-state index in [0.717, 1.165) is 0 Å². The maximum absolute atomic E-state index is 11.6. The third-order valence-corrected chi connectivity index (χ3v) is 2.94. The number of carbonyl (C=O) groups is 2. The highest BCUT2D eigenvalue weighted by Gasteiger charge is 2.05. The van der Waals surface area contributed by atoms with Crippen molar-refractivity contribution in [3.63, 3.8) is 0 Å². The average Bonchev–Trinajstić information content (AvgIpc) is 2.52. The number of hydrogen-bond donors (Lipinski definition) is 2. The van der Waals surface area contributed by atoms with Gasteiger partial charge in [-0.15, -0.1) is 0 Å². The Morgan fingerprint density at radius 2 is 1.87 bits per heavy atom. The number of rotatable bonds is 10. The van der Waals surface area contributed by atoms with Gasteiger partial charge in [-0.1, -0.05) is 18.2 Å². The van der Waals surface area contributed by atoms with Crippen LogP contribution in [0.3, 0.4) is 0 Å². The summed E-state index contributed by atoms with van der Waals surface area (Å²) >= 11 is 5.76. The molecule has 0 aliphatic carbocycles. The molecule has 6 nitrogen and oxygen atoms in total. The highest BCUT2D eigenvalue weighted by molar-refractivity contribution is 6.30. The smallest absolute Gasteiger partial charge is 0.257 e. The molecule has 0 aromatic heterocycles. The molecule has 0 aliphatic rings. The van der Waals surface area contributed by atoms with Crippen molar-refractivity contribution in [1.82, 2.24) is 10.6 Å². The van der Waals surface area contributed by atoms with Crippen LogP contribution in [0.15, 0.2) is 36.5 Å². The topological polar surface area (TPSA) is 76.7 Å². The first-order chi connectivity index (χ1) is 11.0. The average molecular weight is 341 g/mol. The fourth-order valence-electron chi connectivity index (χ4n) is 1.57. The number of halogens is 1. The van der Waals surface area contributed by atoms with Crippen molar-refractivity contribution in [3.8, 4) is 5.75 Å². The van der Waals surface area contributed by atoms with Gasteiger partial charge < -0.3 is 20.1 Å². The summed E-state index contributed by atoms with van der Waals surface area (Å²) in [6.45, 7) is 6.27. The first-order valence-corrected chi connectivity index (χ1v) is 7.59. The first-order valence-electron chi connectivity index (χ1n) is 7.21. The maximum atomic E-state index is 11.6. The van der Waals surface area contributed by atoms with E-state index in [0.29, 0.717) is 36.0 Å². The molecule has 0 fully saturated rings. The lowest BCUT2D eigenvalue weighted by molar-refractivity contribution is -0.124. The normalized spacial score (nSPS) is 10.0. The van der Waals surface area contributed by atoms with Gasteiger partial charge in [-0.25, -0.2) is 0 Å². The molecule has 1 aromatic rings. The number of nitrogens with one attached hydrogen (secondary N) is 2. The summed E-state index contributed by atoms with van der Waals surface area (Å²) in [7, 11) is 0. The minimum Gasteiger partial charge on any atom is -0.484 e. The standard InChI is InChI=1S/C16H21ClN2O4/c1-3-22-10-16(21)19-12(2)8-9-18-15(20)11-23-14-6-4-13(17)5-7-14/h4-7H,2-3,8-11H2,1H3,(H,18,20)(H,19,21). The van der Waals surface area contributed by atoms with Gasteiger partial charge in [0.1, 0.15) is 12.4 Å². The first kappa shape index (κ1) is 19.0. The minimum atomic E-state index is -0.256. The van der Waals surface area contributed by atoms with Gasteiger partial charge in [0.25, 0.3) is 5.91 Å². The van der Waals surface area contributed by atoms with Crippen molar-refractivity contribution >= 4 is 23.4 Å². The number of ether oxygens (including phenoxy) is 2. The van der Waals surface area contributed by atoms with Gasteiger partial charge in [0, 0.05) is 30.3 Å². The summed E-state index contributed by atoms with van der Waals surface area (Å²) in [4.78, 5) is 23.0. The Kier molecular flexibility index (Phi) is 8.79. The third kappa shape index (κ3) is 8.85. The van der Waals surface area contributed by atoms with Crippen molar-refractivity contribution in [2.24, 2.45) is 0 Å². The summed E-state index contributed by atoms with van der Waals surface area (Å²) in [6, 6.07) is 6.74. The molecule has 0 atom stereocenters. The predicted molar refractivity (Wildman–Crippen MR) is 88.3 cm³/mol. The molecule has 0 unspecified atom stereocenters. The van der Waals surface area contributed by atoms with Crippen molar-refractivity contribution in [2.75, 3.05) is 26.4 Å². The molecule has 0 saturated carbocycles. The fraction of sp³-hybridized carbons (Fsp3) is 0.375. The van der Waals surface area contributed by atoms with E-state index in [-0.39, 0.29) is 25.0 Å². The van der Waals surface area contributed by atoms with E-state index in [4.69, 9.17) is 21.1 Å². The van der Waals surface area contributed by atoms with Gasteiger partial charge in [-0.05, 0) is 31.2 Å². The van der Waals surface area contributed by atoms with Gasteiger partial charge in [0.15, 0.2) is 6.61 Å². The second kappa shape index (κ2) is 10.6. The van der Waals surface area contributed by atoms with Crippen LogP contribution in [0.25, 0.3) is 0 Å². The van der Waals surface area contributed by atoms with Crippen LogP contribution in [0.2, 0.25) is 5.02 Å². The van der Waals surface area contributed by atoms with Crippen LogP contribution < -0.4 is 15.4 Å². The Morgan fingerprint density at radius 1 is 1.17 bits per heavy atom. The molecule has 23 heavy (non-hydrogen) atoms. The number of amides is 2. The van der Waals surface area contributed by atoms with Crippen LogP contribution in [0.4, 0.5) is 0 Å². The molecule has 0 spiro atoms. The van der Waals surface area contributed by atoms with Crippen molar-refractivity contribution in [1.29, 1.82) is 0 Å². The summed E-state index contributed by atoms with van der Waals surface area (Å²) < 4.78 is 10.3. The molecule has 0 heterocycles. The van der Waals surface area contributed by atoms with Gasteiger partial charge in [-0.2, -0.15) is 0 Å². The maximum Gasteiger partial charge on any atom is 0.257 e. The largest absolute Gasteiger partial charge is 0.484 e. The minimum absolute atomic E-state index is 0.00316. The summed E-state index contributed by atoms with van der Waals surface area (Å²) in [6.07, 6.45) is 0.435. The Bertz CT molecular complexity index is 531. The number of benzene rings is 1. The molecule has 0 radical (unpaired) electrons. The van der Waals surface area contributed by atoms with E-state index in [1.54, 1.807) is 24.3 Å². The van der Waals surface area contributed by atoms with E-state index >= 15 is 0 Å². The second-order valence-corrected chi connectivity index (χ2v) is 5.07. The van der Waals surface area contributed by atoms with Gasteiger partial charge in [0.05, 0.1) is 0 Å². The quantitative estimate of drug-likeness (QED) is 0.682. The molecular formula is C16H21ClN2O4. The van der Waals surface area contributed by atoms with Gasteiger partial charge >= 0.3 is 0 Å². The summed E-state index contributed by atoms with van der Waals surface area (Å²) in [5, 5.41) is 5.88. The Balaban J connectivity index is 2.14. The van der Waals surface area contributed by atoms with E-state index in [1.807, 2.05) is 6.92 Å². The molecule has 0 aliphatic heterocycles. The molecule has 2 amide bonds. The van der Waals surface area contributed by atoms with Gasteiger partial charge in [0.2, 0.25) is 5.91 Å². The zero-order chi connectivity index (χ0) is 17.1. The Labute approximate surface area is 140 Å². The number of carbonyl (C=O) groups excluding carboxylic acids is 2. The molecule has 1 rings (SSSR count). The van der Waals surface area contributed by atoms with Crippen molar-refractivity contribution in [2.45, 2.75) is 13.3 Å². The van der Waals surface area contributed by atoms with E-state index < -0.39 is 0 Å². The monoisotopic (exact) mass is 340 g/mol. The highest BCUT2D eigenvalue weighted by Crippen LogP contribution is 2.15. The summed E-state index contributed by atoms with van der Waals surface area (Å²) in [5.41, 5.74) is 0.522. The van der Waals surface area contributed by atoms with Crippen molar-refractivity contribution in [3.05, 3.63) is 41.6 Å². The molecular weight excluding hydrogens is 320 g/mol. The van der Waals surface area contributed by atoms with E-state index in [2.05, 4.69) is 17.2 Å². The molecule has 126 valence electrons. The molecule has 7 heteroatoms. The predicted octanol–water partition coefficient (Wildman–Crippen LogP) is 1.89. The highest BCUT2D eigenvalue weighted by atomic mass is 35.5. The lowest BCUT2D eigenvalue weighted by Crippen LogP contribution is -2.32. The van der Waals surface area contributed by atoms with Crippen LogP contribution in [-0.4, -0.2) is 38.2 Å². The summed E-state index contributed by atoms with van der Waals surface area (Å²) in [5.74, 6) is 0.0554. The van der Waals surface area contributed by atoms with Crippen LogP contribution >= 0.6 is 11.6 Å². The van der Waals surface area contributed by atoms with Crippen LogP contribution in [-0.2, 0) is 14.3 Å². The van der Waals surface area contributed by atoms with E-state index in [9.17, 15) is 9.59 Å². The van der Waals surface area contributed by atoms with Gasteiger partial charge in [-0.3, -0.25) is 9.59 Å². The Morgan fingerprint density at radius 3 is 2.52 bits per heavy atom. The van der Waals surface area contributed by atoms with Crippen LogP contribution in [0.5, 0.6) is 5.75 Å². The number of hydrogen-bond acceptors (Lipinski definition) is 4. The lowest BCUT2D eigenvalue weighted by Gasteiger charge is -2.10. The van der Waals surface area contributed by atoms with Crippen LogP contribution in [0.1, 0.15) is 13.3 Å². The van der Waals surface area contributed by atoms with E-state index in [1.165, 1.54) is 0 Å². The SMILES string of the molecule is C=C(CCNC(=O)COc1ccc(Cl)cc1)NC(=O)COCC. The Hall–Kier alpha value is -2.05. The third-order valence-electron chi connectivity index (χ3n) is 2.69. The zero-order valence-corrected chi connectivity index (χ0v) is 13.8. The van der Waals surface area contributed by atoms with Crippen molar-refractivity contribution < 1.29 is 19.1 Å². The molecule has 0 saturated heterocycles. The molecule has 2 N–H and O–H groups in total.